The summed E-state index contributed by atoms with van der Waals surface area (Å²) in [4.78, 5) is 13.8. The molecule has 2 unspecified atom stereocenters. The summed E-state index contributed by atoms with van der Waals surface area (Å²) in [6, 6.07) is 3.79. The molecule has 0 spiro atoms. The minimum Gasteiger partial charge on any atom is -0.463 e. The van der Waals surface area contributed by atoms with Crippen LogP contribution >= 0.6 is 0 Å². The van der Waals surface area contributed by atoms with Crippen LogP contribution in [0.25, 0.3) is 0 Å². The number of methoxy groups -OCH3 is 1. The van der Waals surface area contributed by atoms with Crippen molar-refractivity contribution < 1.29 is 13.9 Å². The molecule has 1 saturated heterocycles. The molecular weight excluding hydrogens is 242 g/mol. The van der Waals surface area contributed by atoms with Gasteiger partial charge in [0, 0.05) is 6.54 Å². The van der Waals surface area contributed by atoms with E-state index < -0.39 is 5.97 Å². The molecular formula is C15H23NO3. The first-order chi connectivity index (χ1) is 9.15. The number of furan rings is 1. The predicted molar refractivity (Wildman–Crippen MR) is 73.1 cm³/mol. The maximum atomic E-state index is 11.4. The van der Waals surface area contributed by atoms with Gasteiger partial charge in [0.1, 0.15) is 5.76 Å². The third-order valence-corrected chi connectivity index (χ3v) is 3.99. The lowest BCUT2D eigenvalue weighted by atomic mass is 10.0. The average Bonchev–Trinajstić information content (AvgIpc) is 3.06. The van der Waals surface area contributed by atoms with Gasteiger partial charge in [-0.2, -0.15) is 0 Å². The van der Waals surface area contributed by atoms with Crippen LogP contribution in [0.2, 0.25) is 0 Å². The smallest absolute Gasteiger partial charge is 0.373 e. The van der Waals surface area contributed by atoms with Crippen LogP contribution in [-0.2, 0) is 4.74 Å². The van der Waals surface area contributed by atoms with Crippen LogP contribution in [0.15, 0.2) is 16.5 Å². The van der Waals surface area contributed by atoms with Crippen molar-refractivity contribution in [1.82, 2.24) is 4.90 Å². The van der Waals surface area contributed by atoms with Gasteiger partial charge in [0.25, 0.3) is 0 Å². The summed E-state index contributed by atoms with van der Waals surface area (Å²) in [7, 11) is 1.36. The largest absolute Gasteiger partial charge is 0.463 e. The van der Waals surface area contributed by atoms with Crippen LogP contribution in [0.5, 0.6) is 0 Å². The summed E-state index contributed by atoms with van der Waals surface area (Å²) in [5, 5.41) is 0. The highest BCUT2D eigenvalue weighted by Crippen LogP contribution is 2.30. The van der Waals surface area contributed by atoms with Crippen LogP contribution in [0.4, 0.5) is 0 Å². The first kappa shape index (κ1) is 14.1. The molecule has 2 rings (SSSR count). The summed E-state index contributed by atoms with van der Waals surface area (Å²) in [5.41, 5.74) is 0. The van der Waals surface area contributed by atoms with Gasteiger partial charge in [-0.3, -0.25) is 4.90 Å². The molecule has 106 valence electrons. The van der Waals surface area contributed by atoms with Crippen molar-refractivity contribution in [3.63, 3.8) is 0 Å². The van der Waals surface area contributed by atoms with Crippen molar-refractivity contribution >= 4 is 5.97 Å². The number of nitrogens with zero attached hydrogens (tertiary/aromatic N) is 1. The summed E-state index contributed by atoms with van der Waals surface area (Å²) in [5.74, 6) is 1.53. The van der Waals surface area contributed by atoms with Gasteiger partial charge < -0.3 is 9.15 Å². The van der Waals surface area contributed by atoms with E-state index in [1.807, 2.05) is 6.07 Å². The second-order valence-corrected chi connectivity index (χ2v) is 5.31. The minimum atomic E-state index is -0.413. The second-order valence-electron chi connectivity index (χ2n) is 5.31. The Hall–Kier alpha value is -1.29. The Morgan fingerprint density at radius 2 is 2.37 bits per heavy atom. The highest BCUT2D eigenvalue weighted by atomic mass is 16.5. The van der Waals surface area contributed by atoms with E-state index in [2.05, 4.69) is 23.5 Å². The van der Waals surface area contributed by atoms with Crippen LogP contribution in [-0.4, -0.2) is 31.1 Å². The van der Waals surface area contributed by atoms with E-state index in [4.69, 9.17) is 4.42 Å². The standard InChI is InChI=1S/C15H23NO3/c1-4-5-12-8-9-16(10-12)11(2)13-6-7-14(19-13)15(17)18-3/h6-7,11-12H,4-5,8-10H2,1-3H3. The van der Waals surface area contributed by atoms with Crippen LogP contribution in [0.1, 0.15) is 55.5 Å². The molecule has 0 aliphatic carbocycles. The molecule has 0 aromatic carbocycles. The SMILES string of the molecule is CCCC1CCN(C(C)c2ccc(C(=O)OC)o2)C1. The van der Waals surface area contributed by atoms with Gasteiger partial charge in [-0.15, -0.1) is 0 Å². The zero-order valence-corrected chi connectivity index (χ0v) is 12.0. The zero-order chi connectivity index (χ0) is 13.8. The average molecular weight is 265 g/mol. The lowest BCUT2D eigenvalue weighted by Crippen LogP contribution is -2.24. The molecule has 1 aromatic heterocycles. The van der Waals surface area contributed by atoms with Gasteiger partial charge in [0.2, 0.25) is 5.76 Å². The molecule has 4 nitrogen and oxygen atoms in total. The van der Waals surface area contributed by atoms with Crippen LogP contribution in [0.3, 0.4) is 0 Å². The van der Waals surface area contributed by atoms with Gasteiger partial charge in [-0.1, -0.05) is 13.3 Å². The highest BCUT2D eigenvalue weighted by Gasteiger charge is 2.28. The van der Waals surface area contributed by atoms with E-state index in [9.17, 15) is 4.79 Å². The van der Waals surface area contributed by atoms with E-state index in [1.165, 1.54) is 26.4 Å². The van der Waals surface area contributed by atoms with Gasteiger partial charge >= 0.3 is 5.97 Å². The van der Waals surface area contributed by atoms with E-state index in [-0.39, 0.29) is 11.8 Å². The number of carbonyl (C=O) groups excluding carboxylic acids is 1. The summed E-state index contributed by atoms with van der Waals surface area (Å²) < 4.78 is 10.2. The predicted octanol–water partition coefficient (Wildman–Crippen LogP) is 3.25. The maximum absolute atomic E-state index is 11.4. The van der Waals surface area contributed by atoms with E-state index in [0.717, 1.165) is 24.8 Å². The Morgan fingerprint density at radius 3 is 3.05 bits per heavy atom. The molecule has 0 saturated carbocycles. The summed E-state index contributed by atoms with van der Waals surface area (Å²) >= 11 is 0. The second kappa shape index (κ2) is 6.24. The van der Waals surface area contributed by atoms with Crippen molar-refractivity contribution in [1.29, 1.82) is 0 Å². The molecule has 19 heavy (non-hydrogen) atoms. The van der Waals surface area contributed by atoms with E-state index in [0.29, 0.717) is 0 Å². The van der Waals surface area contributed by atoms with E-state index in [1.54, 1.807) is 6.07 Å². The molecule has 0 radical (unpaired) electrons. The van der Waals surface area contributed by atoms with Crippen molar-refractivity contribution in [2.75, 3.05) is 20.2 Å². The van der Waals surface area contributed by atoms with Gasteiger partial charge in [0.05, 0.1) is 13.2 Å². The minimum absolute atomic E-state index is 0.222. The number of likely N-dealkylation sites (tertiary alicyclic amines) is 1. The highest BCUT2D eigenvalue weighted by molar-refractivity contribution is 5.86. The first-order valence-electron chi connectivity index (χ1n) is 7.07. The van der Waals surface area contributed by atoms with Crippen molar-refractivity contribution in [3.8, 4) is 0 Å². The maximum Gasteiger partial charge on any atom is 0.373 e. The summed E-state index contributed by atoms with van der Waals surface area (Å²) in [6.07, 6.45) is 3.82. The van der Waals surface area contributed by atoms with Crippen molar-refractivity contribution in [2.24, 2.45) is 5.92 Å². The van der Waals surface area contributed by atoms with Gasteiger partial charge in [-0.05, 0) is 44.4 Å². The molecule has 0 N–H and O–H groups in total. The molecule has 1 aliphatic heterocycles. The Balaban J connectivity index is 1.98. The molecule has 2 atom stereocenters. The molecule has 0 bridgehead atoms. The number of rotatable bonds is 5. The van der Waals surface area contributed by atoms with Crippen LogP contribution in [0, 0.1) is 5.92 Å². The Morgan fingerprint density at radius 1 is 1.58 bits per heavy atom. The normalized spacial score (nSPS) is 21.5. The lowest BCUT2D eigenvalue weighted by molar-refractivity contribution is 0.0559. The molecule has 1 aromatic rings. The monoisotopic (exact) mass is 265 g/mol. The number of esters is 1. The fourth-order valence-electron chi connectivity index (χ4n) is 2.83. The molecule has 2 heterocycles. The van der Waals surface area contributed by atoms with Gasteiger partial charge in [0.15, 0.2) is 0 Å². The summed E-state index contributed by atoms with van der Waals surface area (Å²) in [6.45, 7) is 6.61. The topological polar surface area (TPSA) is 42.7 Å². The van der Waals surface area contributed by atoms with Crippen molar-refractivity contribution in [2.45, 2.75) is 39.2 Å². The van der Waals surface area contributed by atoms with Gasteiger partial charge in [-0.25, -0.2) is 4.79 Å². The third-order valence-electron chi connectivity index (χ3n) is 3.99. The van der Waals surface area contributed by atoms with Crippen LogP contribution < -0.4 is 0 Å². The molecule has 1 fully saturated rings. The Bertz CT molecular complexity index is 427. The quantitative estimate of drug-likeness (QED) is 0.766. The molecule has 4 heteroatoms. The van der Waals surface area contributed by atoms with Crippen molar-refractivity contribution in [3.05, 3.63) is 23.7 Å². The first-order valence-corrected chi connectivity index (χ1v) is 7.07. The lowest BCUT2D eigenvalue weighted by Gasteiger charge is -2.22. The molecule has 0 amide bonds. The number of carbonyl (C=O) groups is 1. The Kier molecular flexibility index (Phi) is 4.64. The fourth-order valence-corrected chi connectivity index (χ4v) is 2.83. The zero-order valence-electron chi connectivity index (χ0n) is 12.0. The van der Waals surface area contributed by atoms with E-state index >= 15 is 0 Å². The molecule has 1 aliphatic rings. The number of hydrogen-bond acceptors (Lipinski definition) is 4. The fraction of sp³-hybridized carbons (Fsp3) is 0.667. The number of ether oxygens (including phenoxy) is 1. The number of hydrogen-bond donors (Lipinski definition) is 0. The Labute approximate surface area is 114 Å². The third kappa shape index (κ3) is 3.18.